The maximum atomic E-state index is 12.5. The molecule has 1 aromatic rings. The predicted molar refractivity (Wildman–Crippen MR) is 41.0 cm³/mol. The Morgan fingerprint density at radius 1 is 1.27 bits per heavy atom. The Balaban J connectivity index is 0.000001000. The van der Waals surface area contributed by atoms with Crippen LogP contribution in [-0.4, -0.2) is 4.98 Å². The number of rotatable bonds is 1. The van der Waals surface area contributed by atoms with Crippen molar-refractivity contribution >= 4 is 24.0 Å². The van der Waals surface area contributed by atoms with Crippen LogP contribution < -0.4 is 0 Å². The van der Waals surface area contributed by atoms with Crippen LogP contribution in [0.4, 0.5) is 8.78 Å². The van der Waals surface area contributed by atoms with Gasteiger partial charge >= 0.3 is 0 Å². The monoisotopic (exact) mass is 199 g/mol. The van der Waals surface area contributed by atoms with Gasteiger partial charge in [0.2, 0.25) is 0 Å². The van der Waals surface area contributed by atoms with Gasteiger partial charge in [0.15, 0.2) is 0 Å². The summed E-state index contributed by atoms with van der Waals surface area (Å²) in [6, 6.07) is 0. The standard InChI is InChI=1S/C6H4ClF2N.ClH/c7-1-4-5(8)2-10-3-6(4)9;/h2-3H,1H2;1H. The zero-order valence-electron chi connectivity index (χ0n) is 5.35. The maximum Gasteiger partial charge on any atom is 0.148 e. The molecule has 1 aromatic heterocycles. The summed E-state index contributed by atoms with van der Waals surface area (Å²) in [6.07, 6.45) is 1.86. The highest BCUT2D eigenvalue weighted by atomic mass is 35.5. The van der Waals surface area contributed by atoms with E-state index in [1.807, 2.05) is 0 Å². The lowest BCUT2D eigenvalue weighted by molar-refractivity contribution is 0.555. The molecule has 0 unspecified atom stereocenters. The second-order valence-corrected chi connectivity index (χ2v) is 1.98. The van der Waals surface area contributed by atoms with E-state index in [0.717, 1.165) is 12.4 Å². The van der Waals surface area contributed by atoms with Crippen LogP contribution in [0.1, 0.15) is 5.56 Å². The van der Waals surface area contributed by atoms with Gasteiger partial charge in [-0.2, -0.15) is 0 Å². The fourth-order valence-corrected chi connectivity index (χ4v) is 0.821. The lowest BCUT2D eigenvalue weighted by Crippen LogP contribution is -1.92. The van der Waals surface area contributed by atoms with E-state index in [2.05, 4.69) is 4.98 Å². The molecule has 0 aliphatic heterocycles. The molecule has 0 radical (unpaired) electrons. The summed E-state index contributed by atoms with van der Waals surface area (Å²) in [5.41, 5.74) is -0.128. The van der Waals surface area contributed by atoms with Crippen molar-refractivity contribution in [1.82, 2.24) is 4.98 Å². The van der Waals surface area contributed by atoms with Crippen LogP contribution in [0.5, 0.6) is 0 Å². The molecule has 0 atom stereocenters. The summed E-state index contributed by atoms with van der Waals surface area (Å²) >= 11 is 5.23. The highest BCUT2D eigenvalue weighted by Gasteiger charge is 2.05. The molecule has 1 nitrogen and oxygen atoms in total. The average molecular weight is 200 g/mol. The van der Waals surface area contributed by atoms with E-state index < -0.39 is 11.6 Å². The van der Waals surface area contributed by atoms with Crippen LogP contribution in [0, 0.1) is 11.6 Å². The lowest BCUT2D eigenvalue weighted by atomic mass is 10.3. The maximum absolute atomic E-state index is 12.5. The van der Waals surface area contributed by atoms with E-state index in [1.54, 1.807) is 0 Å². The molecule has 0 aromatic carbocycles. The molecule has 0 saturated carbocycles. The first-order chi connectivity index (χ1) is 4.75. The number of alkyl halides is 1. The van der Waals surface area contributed by atoms with E-state index in [9.17, 15) is 8.78 Å². The number of hydrogen-bond donors (Lipinski definition) is 0. The molecule has 0 spiro atoms. The van der Waals surface area contributed by atoms with E-state index in [1.165, 1.54) is 0 Å². The summed E-state index contributed by atoms with van der Waals surface area (Å²) in [6.45, 7) is 0. The average Bonchev–Trinajstić information content (AvgIpc) is 1.88. The van der Waals surface area contributed by atoms with Gasteiger partial charge in [-0.1, -0.05) is 0 Å². The first kappa shape index (κ1) is 10.6. The third-order valence-corrected chi connectivity index (χ3v) is 1.35. The highest BCUT2D eigenvalue weighted by molar-refractivity contribution is 6.17. The van der Waals surface area contributed by atoms with Gasteiger partial charge in [0.25, 0.3) is 0 Å². The van der Waals surface area contributed by atoms with Crippen molar-refractivity contribution in [3.63, 3.8) is 0 Å². The summed E-state index contributed by atoms with van der Waals surface area (Å²) in [5.74, 6) is -1.56. The second kappa shape index (κ2) is 4.46. The van der Waals surface area contributed by atoms with Crippen LogP contribution in [0.3, 0.4) is 0 Å². The smallest absolute Gasteiger partial charge is 0.148 e. The molecule has 0 saturated heterocycles. The van der Waals surface area contributed by atoms with Crippen molar-refractivity contribution in [1.29, 1.82) is 0 Å². The molecule has 0 aliphatic carbocycles. The SMILES string of the molecule is Cl.Fc1cncc(F)c1CCl. The zero-order chi connectivity index (χ0) is 7.56. The fourth-order valence-electron chi connectivity index (χ4n) is 0.566. The summed E-state index contributed by atoms with van der Waals surface area (Å²) < 4.78 is 24.9. The number of aromatic nitrogens is 1. The van der Waals surface area contributed by atoms with E-state index in [-0.39, 0.29) is 23.9 Å². The van der Waals surface area contributed by atoms with Gasteiger partial charge < -0.3 is 0 Å². The molecular formula is C6H5Cl2F2N. The molecule has 1 rings (SSSR count). The minimum Gasteiger partial charge on any atom is -0.259 e. The molecule has 0 bridgehead atoms. The third kappa shape index (κ3) is 2.27. The van der Waals surface area contributed by atoms with E-state index in [4.69, 9.17) is 11.6 Å². The Kier molecular flexibility index (Phi) is 4.30. The normalized spacial score (nSPS) is 9.00. The van der Waals surface area contributed by atoms with Gasteiger partial charge in [-0.15, -0.1) is 24.0 Å². The van der Waals surface area contributed by atoms with Crippen molar-refractivity contribution in [3.05, 3.63) is 29.6 Å². The topological polar surface area (TPSA) is 12.9 Å². The molecule has 0 fully saturated rings. The minimum absolute atomic E-state index is 0. The van der Waals surface area contributed by atoms with Crippen molar-refractivity contribution in [2.75, 3.05) is 0 Å². The van der Waals surface area contributed by atoms with Crippen LogP contribution >= 0.6 is 24.0 Å². The molecule has 0 amide bonds. The molecule has 5 heteroatoms. The molecule has 0 N–H and O–H groups in total. The van der Waals surface area contributed by atoms with Gasteiger partial charge in [0, 0.05) is 5.56 Å². The zero-order valence-corrected chi connectivity index (χ0v) is 6.92. The number of pyridine rings is 1. The Morgan fingerprint density at radius 3 is 2.00 bits per heavy atom. The van der Waals surface area contributed by atoms with Crippen LogP contribution in [0.15, 0.2) is 12.4 Å². The Morgan fingerprint density at radius 2 is 1.73 bits per heavy atom. The van der Waals surface area contributed by atoms with Crippen LogP contribution in [0.25, 0.3) is 0 Å². The van der Waals surface area contributed by atoms with Gasteiger partial charge in [-0.3, -0.25) is 4.98 Å². The van der Waals surface area contributed by atoms with Crippen LogP contribution in [-0.2, 0) is 5.88 Å². The first-order valence-electron chi connectivity index (χ1n) is 2.59. The summed E-state index contributed by atoms with van der Waals surface area (Å²) in [7, 11) is 0. The predicted octanol–water partition coefficient (Wildman–Crippen LogP) is 2.52. The molecular weight excluding hydrogens is 195 g/mol. The molecule has 62 valence electrons. The fraction of sp³-hybridized carbons (Fsp3) is 0.167. The Bertz CT molecular complexity index is 222. The second-order valence-electron chi connectivity index (χ2n) is 1.72. The summed E-state index contributed by atoms with van der Waals surface area (Å²) in [4.78, 5) is 3.28. The van der Waals surface area contributed by atoms with Crippen molar-refractivity contribution < 1.29 is 8.78 Å². The number of nitrogens with zero attached hydrogens (tertiary/aromatic N) is 1. The van der Waals surface area contributed by atoms with Crippen molar-refractivity contribution in [3.8, 4) is 0 Å². The van der Waals surface area contributed by atoms with Crippen LogP contribution in [0.2, 0.25) is 0 Å². The van der Waals surface area contributed by atoms with E-state index >= 15 is 0 Å². The quantitative estimate of drug-likeness (QED) is 0.634. The highest BCUT2D eigenvalue weighted by Crippen LogP contribution is 2.11. The molecule has 11 heavy (non-hydrogen) atoms. The van der Waals surface area contributed by atoms with Gasteiger partial charge in [-0.05, 0) is 0 Å². The number of hydrogen-bond acceptors (Lipinski definition) is 1. The molecule has 1 heterocycles. The van der Waals surface area contributed by atoms with Gasteiger partial charge in [0.05, 0.1) is 18.3 Å². The third-order valence-electron chi connectivity index (χ3n) is 1.09. The minimum atomic E-state index is -0.699. The summed E-state index contributed by atoms with van der Waals surface area (Å²) in [5, 5.41) is 0. The van der Waals surface area contributed by atoms with Gasteiger partial charge in [-0.25, -0.2) is 8.78 Å². The lowest BCUT2D eigenvalue weighted by Gasteiger charge is -1.96. The van der Waals surface area contributed by atoms with Crippen molar-refractivity contribution in [2.24, 2.45) is 0 Å². The van der Waals surface area contributed by atoms with Crippen molar-refractivity contribution in [2.45, 2.75) is 5.88 Å². The first-order valence-corrected chi connectivity index (χ1v) is 3.13. The molecule has 0 aliphatic rings. The Hall–Kier alpha value is -0.410. The Labute approximate surface area is 73.8 Å². The largest absolute Gasteiger partial charge is 0.259 e. The van der Waals surface area contributed by atoms with Gasteiger partial charge in [0.1, 0.15) is 11.6 Å². The van der Waals surface area contributed by atoms with E-state index in [0.29, 0.717) is 0 Å². The number of halogens is 4.